The Bertz CT molecular complexity index is 623. The normalized spacial score (nSPS) is 10.3. The zero-order chi connectivity index (χ0) is 15.2. The first-order chi connectivity index (χ1) is 10.1. The molecule has 0 aliphatic rings. The molecule has 0 atom stereocenters. The van der Waals surface area contributed by atoms with Gasteiger partial charge in [0.25, 0.3) is 0 Å². The van der Waals surface area contributed by atoms with E-state index in [1.54, 1.807) is 7.11 Å². The summed E-state index contributed by atoms with van der Waals surface area (Å²) in [6, 6.07) is 11.3. The van der Waals surface area contributed by atoms with Crippen LogP contribution in [-0.2, 0) is 0 Å². The zero-order valence-electron chi connectivity index (χ0n) is 11.3. The Labute approximate surface area is 145 Å². The number of benzene rings is 2. The second kappa shape index (κ2) is 7.92. The minimum Gasteiger partial charge on any atom is -0.496 e. The minimum atomic E-state index is 0.532. The summed E-state index contributed by atoms with van der Waals surface area (Å²) in [7, 11) is 1.63. The number of halogens is 3. The number of nitrogens with one attached hydrogen (secondary N) is 1. The van der Waals surface area contributed by atoms with E-state index in [4.69, 9.17) is 21.1 Å². The molecule has 0 aromatic heterocycles. The van der Waals surface area contributed by atoms with Crippen molar-refractivity contribution in [1.29, 1.82) is 0 Å². The van der Waals surface area contributed by atoms with Crippen LogP contribution < -0.4 is 14.8 Å². The first kappa shape index (κ1) is 16.5. The Morgan fingerprint density at radius 1 is 1.10 bits per heavy atom. The molecule has 0 aliphatic heterocycles. The van der Waals surface area contributed by atoms with Crippen LogP contribution in [0.3, 0.4) is 0 Å². The van der Waals surface area contributed by atoms with Crippen molar-refractivity contribution >= 4 is 49.1 Å². The molecule has 21 heavy (non-hydrogen) atoms. The molecule has 0 saturated carbocycles. The number of rotatable bonds is 6. The lowest BCUT2D eigenvalue weighted by Gasteiger charge is -2.12. The van der Waals surface area contributed by atoms with Gasteiger partial charge >= 0.3 is 0 Å². The minimum absolute atomic E-state index is 0.532. The number of hydrogen-bond acceptors (Lipinski definition) is 3. The maximum atomic E-state index is 5.93. The highest BCUT2D eigenvalue weighted by Gasteiger charge is 2.08. The molecule has 0 spiro atoms. The lowest BCUT2D eigenvalue weighted by Crippen LogP contribution is -2.11. The lowest BCUT2D eigenvalue weighted by molar-refractivity contribution is 0.329. The highest BCUT2D eigenvalue weighted by Crippen LogP contribution is 2.35. The van der Waals surface area contributed by atoms with E-state index in [0.717, 1.165) is 26.1 Å². The van der Waals surface area contributed by atoms with E-state index < -0.39 is 0 Å². The molecule has 0 aliphatic carbocycles. The largest absolute Gasteiger partial charge is 0.496 e. The Morgan fingerprint density at radius 3 is 2.52 bits per heavy atom. The summed E-state index contributed by atoms with van der Waals surface area (Å²) >= 11 is 12.8. The summed E-state index contributed by atoms with van der Waals surface area (Å²) in [5, 5.41) is 3.96. The molecule has 2 aromatic carbocycles. The molecule has 1 N–H and O–H groups in total. The fourth-order valence-electron chi connectivity index (χ4n) is 1.73. The highest BCUT2D eigenvalue weighted by atomic mass is 79.9. The maximum absolute atomic E-state index is 5.93. The van der Waals surface area contributed by atoms with E-state index in [9.17, 15) is 0 Å². The quantitative estimate of drug-likeness (QED) is 0.620. The molecule has 0 fully saturated rings. The Hall–Kier alpha value is -0.910. The van der Waals surface area contributed by atoms with Gasteiger partial charge in [0, 0.05) is 17.3 Å². The second-order valence-corrected chi connectivity index (χ2v) is 6.35. The summed E-state index contributed by atoms with van der Waals surface area (Å²) in [5.74, 6) is 1.52. The molecule has 0 bridgehead atoms. The molecule has 2 aromatic rings. The molecule has 0 heterocycles. The van der Waals surface area contributed by atoms with Gasteiger partial charge in [-0.3, -0.25) is 0 Å². The number of anilines is 1. The summed E-state index contributed by atoms with van der Waals surface area (Å²) in [5.41, 5.74) is 0.973. The number of ether oxygens (including phenoxy) is 2. The van der Waals surface area contributed by atoms with E-state index in [-0.39, 0.29) is 0 Å². The predicted octanol–water partition coefficient (Wildman–Crippen LogP) is 5.36. The lowest BCUT2D eigenvalue weighted by atomic mass is 10.3. The van der Waals surface area contributed by atoms with Crippen molar-refractivity contribution in [1.82, 2.24) is 0 Å². The van der Waals surface area contributed by atoms with Crippen LogP contribution in [0.5, 0.6) is 11.5 Å². The molecular weight excluding hydrogens is 421 g/mol. The van der Waals surface area contributed by atoms with Gasteiger partial charge in [0.15, 0.2) is 0 Å². The Balaban J connectivity index is 1.88. The van der Waals surface area contributed by atoms with Gasteiger partial charge in [-0.2, -0.15) is 0 Å². The molecule has 0 saturated heterocycles. The summed E-state index contributed by atoms with van der Waals surface area (Å²) in [6.07, 6.45) is 0. The van der Waals surface area contributed by atoms with Crippen LogP contribution in [0.4, 0.5) is 5.69 Å². The van der Waals surface area contributed by atoms with Crippen molar-refractivity contribution in [2.45, 2.75) is 0 Å². The Morgan fingerprint density at radius 2 is 1.81 bits per heavy atom. The maximum Gasteiger partial charge on any atom is 0.134 e. The molecule has 0 amide bonds. The molecule has 0 unspecified atom stereocenters. The molecule has 2 rings (SSSR count). The summed E-state index contributed by atoms with van der Waals surface area (Å²) in [6.45, 7) is 1.21. The first-order valence-corrected chi connectivity index (χ1v) is 8.22. The van der Waals surface area contributed by atoms with E-state index in [2.05, 4.69) is 37.2 Å². The summed E-state index contributed by atoms with van der Waals surface area (Å²) < 4.78 is 12.7. The van der Waals surface area contributed by atoms with E-state index in [1.807, 2.05) is 36.4 Å². The topological polar surface area (TPSA) is 30.5 Å². The number of methoxy groups -OCH3 is 1. The van der Waals surface area contributed by atoms with Gasteiger partial charge in [0.1, 0.15) is 18.1 Å². The van der Waals surface area contributed by atoms with Gasteiger partial charge < -0.3 is 14.8 Å². The fourth-order valence-corrected chi connectivity index (χ4v) is 2.84. The van der Waals surface area contributed by atoms with Crippen molar-refractivity contribution in [3.05, 3.63) is 50.4 Å². The van der Waals surface area contributed by atoms with Crippen LogP contribution in [0.2, 0.25) is 5.02 Å². The molecule has 6 heteroatoms. The third-order valence-electron chi connectivity index (χ3n) is 2.72. The van der Waals surface area contributed by atoms with Crippen molar-refractivity contribution < 1.29 is 9.47 Å². The van der Waals surface area contributed by atoms with Crippen molar-refractivity contribution in [3.63, 3.8) is 0 Å². The van der Waals surface area contributed by atoms with Gasteiger partial charge in [-0.25, -0.2) is 0 Å². The van der Waals surface area contributed by atoms with Gasteiger partial charge in [-0.1, -0.05) is 17.7 Å². The molecule has 3 nitrogen and oxygen atoms in total. The van der Waals surface area contributed by atoms with Crippen LogP contribution in [0.15, 0.2) is 45.3 Å². The van der Waals surface area contributed by atoms with Crippen molar-refractivity contribution in [2.24, 2.45) is 0 Å². The first-order valence-electron chi connectivity index (χ1n) is 6.25. The monoisotopic (exact) mass is 433 g/mol. The van der Waals surface area contributed by atoms with Crippen LogP contribution in [-0.4, -0.2) is 20.3 Å². The molecule has 112 valence electrons. The average molecular weight is 436 g/mol. The van der Waals surface area contributed by atoms with Crippen LogP contribution in [0.1, 0.15) is 0 Å². The van der Waals surface area contributed by atoms with Gasteiger partial charge in [0.05, 0.1) is 16.1 Å². The summed E-state index contributed by atoms with van der Waals surface area (Å²) in [4.78, 5) is 0. The van der Waals surface area contributed by atoms with Gasteiger partial charge in [0.2, 0.25) is 0 Å². The smallest absolute Gasteiger partial charge is 0.134 e. The van der Waals surface area contributed by atoms with Gasteiger partial charge in [-0.05, 0) is 62.2 Å². The van der Waals surface area contributed by atoms with Crippen LogP contribution in [0.25, 0.3) is 0 Å². The van der Waals surface area contributed by atoms with E-state index in [1.165, 1.54) is 0 Å². The average Bonchev–Trinajstić information content (AvgIpc) is 2.46. The number of hydrogen-bond donors (Lipinski definition) is 1. The molecule has 0 radical (unpaired) electrons. The predicted molar refractivity (Wildman–Crippen MR) is 93.8 cm³/mol. The third-order valence-corrected chi connectivity index (χ3v) is 4.19. The standard InChI is InChI=1S/C15H14Br2ClNO2/c1-20-14-8-13(17)15(9-12(14)16)21-6-5-19-11-4-2-3-10(18)7-11/h2-4,7-9,19H,5-6H2,1H3. The van der Waals surface area contributed by atoms with Gasteiger partial charge in [-0.15, -0.1) is 0 Å². The van der Waals surface area contributed by atoms with Crippen molar-refractivity contribution in [3.8, 4) is 11.5 Å². The second-order valence-electron chi connectivity index (χ2n) is 4.20. The van der Waals surface area contributed by atoms with Crippen molar-refractivity contribution in [2.75, 3.05) is 25.6 Å². The zero-order valence-corrected chi connectivity index (χ0v) is 15.3. The van der Waals surface area contributed by atoms with E-state index in [0.29, 0.717) is 18.2 Å². The Kier molecular flexibility index (Phi) is 6.21. The molecular formula is C15H14Br2ClNO2. The van der Waals surface area contributed by atoms with Crippen LogP contribution in [0, 0.1) is 0 Å². The SMILES string of the molecule is COc1cc(Br)c(OCCNc2cccc(Cl)c2)cc1Br. The third kappa shape index (κ3) is 4.80. The van der Waals surface area contributed by atoms with E-state index >= 15 is 0 Å². The highest BCUT2D eigenvalue weighted by molar-refractivity contribution is 9.11. The fraction of sp³-hybridized carbons (Fsp3) is 0.200. The van der Waals surface area contributed by atoms with Crippen LogP contribution >= 0.6 is 43.5 Å².